The zero-order valence-corrected chi connectivity index (χ0v) is 17.3. The predicted octanol–water partition coefficient (Wildman–Crippen LogP) is 5.08. The van der Waals surface area contributed by atoms with E-state index < -0.39 is 12.6 Å². The van der Waals surface area contributed by atoms with Crippen molar-refractivity contribution in [2.24, 2.45) is 11.8 Å². The van der Waals surface area contributed by atoms with Crippen LogP contribution in [0.3, 0.4) is 0 Å². The highest BCUT2D eigenvalue weighted by Gasteiger charge is 2.36. The Kier molecular flexibility index (Phi) is 5.70. The van der Waals surface area contributed by atoms with Gasteiger partial charge in [0.2, 0.25) is 0 Å². The van der Waals surface area contributed by atoms with Gasteiger partial charge in [0.1, 0.15) is 12.4 Å². The van der Waals surface area contributed by atoms with Crippen LogP contribution in [0.15, 0.2) is 24.7 Å². The summed E-state index contributed by atoms with van der Waals surface area (Å²) in [6.07, 6.45) is -0.0672. The van der Waals surface area contributed by atoms with E-state index in [1.165, 1.54) is 0 Å². The van der Waals surface area contributed by atoms with Crippen LogP contribution in [0.5, 0.6) is 5.75 Å². The van der Waals surface area contributed by atoms with E-state index >= 15 is 0 Å². The highest BCUT2D eigenvalue weighted by Crippen LogP contribution is 2.40. The maximum absolute atomic E-state index is 12.9. The second kappa shape index (κ2) is 8.13. The van der Waals surface area contributed by atoms with E-state index in [0.717, 1.165) is 5.69 Å². The highest BCUT2D eigenvalue weighted by atomic mass is 35.5. The molecule has 162 valence electrons. The topological polar surface area (TPSA) is 56.2 Å². The summed E-state index contributed by atoms with van der Waals surface area (Å²) in [4.78, 5) is 17.1. The zero-order valence-electron chi connectivity index (χ0n) is 16.5. The number of fused-ring (bicyclic) bond motifs is 3. The molecule has 4 rings (SSSR count). The molecule has 0 radical (unpaired) electrons. The fourth-order valence-electron chi connectivity index (χ4n) is 4.52. The van der Waals surface area contributed by atoms with Gasteiger partial charge in [0, 0.05) is 23.6 Å². The molecule has 2 aromatic rings. The minimum Gasteiger partial charge on any atom is -0.489 e. The number of alkyl halides is 3. The smallest absolute Gasteiger partial charge is 0.389 e. The van der Waals surface area contributed by atoms with Crippen LogP contribution in [0.1, 0.15) is 43.0 Å². The molecule has 1 fully saturated rings. The van der Waals surface area contributed by atoms with Gasteiger partial charge < -0.3 is 14.6 Å². The molecular weight excluding hydrogens is 419 g/mol. The molecule has 0 spiro atoms. The van der Waals surface area contributed by atoms with Gasteiger partial charge in [-0.15, -0.1) is 0 Å². The fourth-order valence-corrected chi connectivity index (χ4v) is 4.79. The van der Waals surface area contributed by atoms with E-state index in [4.69, 9.17) is 16.3 Å². The maximum atomic E-state index is 12.9. The molecule has 5 nitrogen and oxygen atoms in total. The Labute approximate surface area is 177 Å². The second-order valence-corrected chi connectivity index (χ2v) is 8.62. The number of imidazole rings is 1. The molecule has 1 aromatic carbocycles. The van der Waals surface area contributed by atoms with Crippen molar-refractivity contribution in [2.45, 2.75) is 51.4 Å². The number of carbonyl (C=O) groups excluding carboxylic acids is 1. The van der Waals surface area contributed by atoms with Crippen LogP contribution in [0.4, 0.5) is 13.2 Å². The van der Waals surface area contributed by atoms with Gasteiger partial charge in [0.25, 0.3) is 5.91 Å². The summed E-state index contributed by atoms with van der Waals surface area (Å²) in [5.74, 6) is -0.182. The third-order valence-electron chi connectivity index (χ3n) is 5.99. The van der Waals surface area contributed by atoms with E-state index in [2.05, 4.69) is 10.3 Å². The van der Waals surface area contributed by atoms with Crippen LogP contribution in [0, 0.1) is 11.8 Å². The fraction of sp³-hybridized carbons (Fsp3) is 0.524. The minimum atomic E-state index is -4.15. The van der Waals surface area contributed by atoms with Crippen molar-refractivity contribution in [2.75, 3.05) is 6.61 Å². The Hall–Kier alpha value is -2.22. The largest absolute Gasteiger partial charge is 0.489 e. The number of amides is 1. The van der Waals surface area contributed by atoms with Crippen LogP contribution in [0.2, 0.25) is 5.02 Å². The van der Waals surface area contributed by atoms with Crippen LogP contribution in [-0.2, 0) is 6.54 Å². The molecule has 3 atom stereocenters. The Bertz CT molecular complexity index is 944. The summed E-state index contributed by atoms with van der Waals surface area (Å²) >= 11 is 6.41. The Morgan fingerprint density at radius 3 is 2.90 bits per heavy atom. The van der Waals surface area contributed by atoms with Gasteiger partial charge in [-0.3, -0.25) is 4.79 Å². The number of nitrogens with zero attached hydrogens (tertiary/aromatic N) is 2. The second-order valence-electron chi connectivity index (χ2n) is 8.21. The molecule has 1 aromatic heterocycles. The van der Waals surface area contributed by atoms with Gasteiger partial charge in [-0.1, -0.05) is 18.5 Å². The monoisotopic (exact) mass is 441 g/mol. The van der Waals surface area contributed by atoms with Gasteiger partial charge in [0.15, 0.2) is 0 Å². The van der Waals surface area contributed by atoms with Crippen LogP contribution >= 0.6 is 11.6 Å². The first-order valence-corrected chi connectivity index (χ1v) is 10.4. The third kappa shape index (κ3) is 4.43. The van der Waals surface area contributed by atoms with Gasteiger partial charge in [-0.25, -0.2) is 4.98 Å². The van der Waals surface area contributed by atoms with Crippen molar-refractivity contribution in [3.63, 3.8) is 0 Å². The predicted molar refractivity (Wildman–Crippen MR) is 107 cm³/mol. The third-order valence-corrected chi connectivity index (χ3v) is 6.27. The summed E-state index contributed by atoms with van der Waals surface area (Å²) in [6.45, 7) is 2.96. The number of halogens is 4. The Morgan fingerprint density at radius 1 is 1.37 bits per heavy atom. The number of benzene rings is 1. The molecular formula is C21H23ClF3N3O2. The lowest BCUT2D eigenvalue weighted by Gasteiger charge is -2.35. The first-order chi connectivity index (χ1) is 14.2. The maximum Gasteiger partial charge on any atom is 0.389 e. The van der Waals surface area contributed by atoms with Crippen LogP contribution in [0.25, 0.3) is 11.3 Å². The molecule has 1 aliphatic carbocycles. The van der Waals surface area contributed by atoms with Crippen molar-refractivity contribution in [1.82, 2.24) is 14.9 Å². The van der Waals surface area contributed by atoms with Crippen molar-refractivity contribution >= 4 is 17.5 Å². The average Bonchev–Trinajstić information content (AvgIpc) is 3.05. The summed E-state index contributed by atoms with van der Waals surface area (Å²) in [5, 5.41) is 3.34. The molecule has 0 saturated heterocycles. The molecule has 1 N–H and O–H groups in total. The standard InChI is InChI=1S/C21H23ClF3N3O2/c1-12-6-13(9-21(23,24)25)2-3-17(12)27-20(29)14-7-15-18-10-26-11-28(18)4-5-30-19(15)16(22)8-14/h7-8,10-13,17H,2-6,9H2,1H3,(H,27,29)/t12-,13?,17+/m1/s1. The average molecular weight is 442 g/mol. The molecule has 0 bridgehead atoms. The molecule has 1 saturated carbocycles. The van der Waals surface area contributed by atoms with Gasteiger partial charge in [-0.05, 0) is 43.2 Å². The summed E-state index contributed by atoms with van der Waals surface area (Å²) in [5.41, 5.74) is 1.91. The number of nitrogens with one attached hydrogen (secondary N) is 1. The minimum absolute atomic E-state index is 0.0314. The number of carbonyl (C=O) groups is 1. The van der Waals surface area contributed by atoms with Crippen LogP contribution in [-0.4, -0.2) is 34.3 Å². The zero-order chi connectivity index (χ0) is 21.5. The summed E-state index contributed by atoms with van der Waals surface area (Å²) in [7, 11) is 0. The van der Waals surface area contributed by atoms with E-state index in [9.17, 15) is 18.0 Å². The summed E-state index contributed by atoms with van der Waals surface area (Å²) < 4.78 is 45.8. The number of ether oxygens (including phenoxy) is 1. The van der Waals surface area contributed by atoms with Crippen LogP contribution < -0.4 is 10.1 Å². The number of hydrogen-bond donors (Lipinski definition) is 1. The van der Waals surface area contributed by atoms with Crippen molar-refractivity contribution in [3.05, 3.63) is 35.2 Å². The number of aromatic nitrogens is 2. The quantitative estimate of drug-likeness (QED) is 0.722. The van der Waals surface area contributed by atoms with E-state index in [-0.39, 0.29) is 23.8 Å². The van der Waals surface area contributed by atoms with E-state index in [0.29, 0.717) is 54.3 Å². The molecule has 9 heteroatoms. The molecule has 30 heavy (non-hydrogen) atoms. The molecule has 2 aliphatic rings. The van der Waals surface area contributed by atoms with Gasteiger partial charge >= 0.3 is 6.18 Å². The van der Waals surface area contributed by atoms with Crippen molar-refractivity contribution < 1.29 is 22.7 Å². The van der Waals surface area contributed by atoms with Crippen molar-refractivity contribution in [1.29, 1.82) is 0 Å². The number of rotatable bonds is 3. The molecule has 1 aliphatic heterocycles. The lowest BCUT2D eigenvalue weighted by molar-refractivity contribution is -0.147. The Balaban J connectivity index is 1.50. The van der Waals surface area contributed by atoms with Crippen molar-refractivity contribution in [3.8, 4) is 17.0 Å². The van der Waals surface area contributed by atoms with E-state index in [1.54, 1.807) is 24.7 Å². The molecule has 1 unspecified atom stereocenters. The lowest BCUT2D eigenvalue weighted by atomic mass is 9.77. The number of hydrogen-bond acceptors (Lipinski definition) is 3. The lowest BCUT2D eigenvalue weighted by Crippen LogP contribution is -2.43. The first-order valence-electron chi connectivity index (χ1n) is 10.1. The van der Waals surface area contributed by atoms with Gasteiger partial charge in [-0.2, -0.15) is 13.2 Å². The normalized spacial score (nSPS) is 23.7. The SMILES string of the molecule is C[C@@H]1CC(CC(F)(F)F)CC[C@@H]1NC(=O)c1cc(Cl)c2c(c1)-c1cncn1CCO2. The highest BCUT2D eigenvalue weighted by molar-refractivity contribution is 6.33. The molecule has 1 amide bonds. The first kappa shape index (κ1) is 21.0. The van der Waals surface area contributed by atoms with Gasteiger partial charge in [0.05, 0.1) is 29.8 Å². The molecule has 2 heterocycles. The summed E-state index contributed by atoms with van der Waals surface area (Å²) in [6, 6.07) is 3.14. The Morgan fingerprint density at radius 2 is 2.17 bits per heavy atom. The van der Waals surface area contributed by atoms with E-state index in [1.807, 2.05) is 11.5 Å².